The zero-order valence-corrected chi connectivity index (χ0v) is 19.2. The van der Waals surface area contributed by atoms with Crippen LogP contribution in [0.5, 0.6) is 0 Å². The topological polar surface area (TPSA) is 142 Å². The zero-order chi connectivity index (χ0) is 25.6. The summed E-state index contributed by atoms with van der Waals surface area (Å²) >= 11 is 0. The monoisotopic (exact) mass is 497 g/mol. The van der Waals surface area contributed by atoms with E-state index >= 15 is 0 Å². The van der Waals surface area contributed by atoms with Gasteiger partial charge in [-0.15, -0.1) is 0 Å². The molecule has 1 unspecified atom stereocenters. The van der Waals surface area contributed by atoms with Gasteiger partial charge in [0.05, 0.1) is 24.1 Å². The van der Waals surface area contributed by atoms with Gasteiger partial charge in [0.1, 0.15) is 5.56 Å². The fraction of sp³-hybridized carbons (Fsp3) is 0.524. The van der Waals surface area contributed by atoms with E-state index in [9.17, 15) is 27.6 Å². The van der Waals surface area contributed by atoms with Crippen LogP contribution in [0.2, 0.25) is 0 Å². The van der Waals surface area contributed by atoms with E-state index < -0.39 is 23.1 Å². The number of hydroxylamine groups is 1. The maximum Gasteiger partial charge on any atom is 0.419 e. The summed E-state index contributed by atoms with van der Waals surface area (Å²) < 4.78 is 38.0. The molecule has 14 heteroatoms. The molecule has 0 radical (unpaired) electrons. The molecular weight excluding hydrogens is 471 g/mol. The minimum absolute atomic E-state index is 0.0380. The van der Waals surface area contributed by atoms with Crippen molar-refractivity contribution < 1.29 is 27.6 Å². The Labute approximate surface area is 198 Å². The van der Waals surface area contributed by atoms with Crippen molar-refractivity contribution in [3.05, 3.63) is 40.1 Å². The quantitative estimate of drug-likeness (QED) is 0.350. The van der Waals surface area contributed by atoms with E-state index in [1.54, 1.807) is 11.8 Å². The summed E-state index contributed by atoms with van der Waals surface area (Å²) in [6.07, 6.45) is -0.0849. The molecule has 0 aliphatic carbocycles. The van der Waals surface area contributed by atoms with Crippen molar-refractivity contribution >= 4 is 23.3 Å². The second-order valence-corrected chi connectivity index (χ2v) is 8.33. The molecule has 0 spiro atoms. The summed E-state index contributed by atoms with van der Waals surface area (Å²) in [7, 11) is 0. The zero-order valence-electron chi connectivity index (χ0n) is 19.2. The lowest BCUT2D eigenvalue weighted by Crippen LogP contribution is -2.37. The first kappa shape index (κ1) is 26.1. The number of H-pyrrole nitrogens is 1. The highest BCUT2D eigenvalue weighted by Crippen LogP contribution is 2.29. The Morgan fingerprint density at radius 1 is 1.23 bits per heavy atom. The molecule has 0 saturated carbocycles. The Bertz CT molecular complexity index is 1080. The third-order valence-corrected chi connectivity index (χ3v) is 5.47. The van der Waals surface area contributed by atoms with E-state index in [0.29, 0.717) is 25.9 Å². The standard InChI is InChI=1S/C21H26F3N7O4/c1-12(28-16-10-27-29-19(34)18(16)13(2)32)11-35-30-17(33)7-14-3-5-31(6-4-14)20-25-8-15(9-26-20)21(22,23)24/h8-10,12,14H,3-7,11H2,1-2H3,(H,30,33)(H2,28,29,34). The molecule has 0 bridgehead atoms. The molecule has 1 amide bonds. The minimum atomic E-state index is -4.48. The first-order valence-electron chi connectivity index (χ1n) is 10.9. The Morgan fingerprint density at radius 2 is 1.89 bits per heavy atom. The maximum absolute atomic E-state index is 12.7. The van der Waals surface area contributed by atoms with Gasteiger partial charge in [-0.05, 0) is 32.6 Å². The van der Waals surface area contributed by atoms with Gasteiger partial charge in [0.15, 0.2) is 5.78 Å². The fourth-order valence-corrected chi connectivity index (χ4v) is 3.68. The number of carbonyl (C=O) groups excluding carboxylic acids is 2. The fourth-order valence-electron chi connectivity index (χ4n) is 3.68. The number of nitrogens with zero attached hydrogens (tertiary/aromatic N) is 4. The first-order chi connectivity index (χ1) is 16.5. The number of rotatable bonds is 9. The first-order valence-corrected chi connectivity index (χ1v) is 10.9. The summed E-state index contributed by atoms with van der Waals surface area (Å²) in [5.41, 5.74) is 1.12. The number of hydrogen-bond acceptors (Lipinski definition) is 9. The van der Waals surface area contributed by atoms with Crippen molar-refractivity contribution in [1.82, 2.24) is 25.6 Å². The van der Waals surface area contributed by atoms with E-state index in [1.807, 2.05) is 0 Å². The van der Waals surface area contributed by atoms with Gasteiger partial charge < -0.3 is 10.2 Å². The molecule has 3 N–H and O–H groups in total. The average molecular weight is 497 g/mol. The maximum atomic E-state index is 12.7. The van der Waals surface area contributed by atoms with Crippen LogP contribution in [-0.2, 0) is 15.8 Å². The molecule has 2 aromatic heterocycles. The molecule has 3 heterocycles. The van der Waals surface area contributed by atoms with Gasteiger partial charge in [-0.3, -0.25) is 19.2 Å². The molecule has 2 aromatic rings. The number of amides is 1. The van der Waals surface area contributed by atoms with Gasteiger partial charge in [0, 0.05) is 37.9 Å². The van der Waals surface area contributed by atoms with E-state index in [2.05, 4.69) is 31.0 Å². The highest BCUT2D eigenvalue weighted by molar-refractivity contribution is 5.98. The van der Waals surface area contributed by atoms with Crippen LogP contribution in [0, 0.1) is 5.92 Å². The van der Waals surface area contributed by atoms with Crippen LogP contribution >= 0.6 is 0 Å². The number of aromatic nitrogens is 4. The van der Waals surface area contributed by atoms with Crippen molar-refractivity contribution in [2.75, 3.05) is 29.9 Å². The Hall–Kier alpha value is -3.55. The number of hydrogen-bond donors (Lipinski definition) is 3. The Morgan fingerprint density at radius 3 is 2.49 bits per heavy atom. The second-order valence-electron chi connectivity index (χ2n) is 8.33. The van der Waals surface area contributed by atoms with Crippen LogP contribution < -0.4 is 21.3 Å². The molecule has 1 aliphatic heterocycles. The largest absolute Gasteiger partial charge is 0.419 e. The predicted molar refractivity (Wildman–Crippen MR) is 119 cm³/mol. The number of piperidine rings is 1. The number of ketones is 1. The number of alkyl halides is 3. The van der Waals surface area contributed by atoms with Crippen LogP contribution in [0.4, 0.5) is 24.8 Å². The van der Waals surface area contributed by atoms with Crippen molar-refractivity contribution in [3.8, 4) is 0 Å². The SMILES string of the molecule is CC(=O)c1c(NC(C)CONC(=O)CC2CCN(c3ncc(C(F)(F)F)cn3)CC2)cn[nH]c1=O. The summed E-state index contributed by atoms with van der Waals surface area (Å²) in [5, 5.41) is 8.84. The molecule has 190 valence electrons. The van der Waals surface area contributed by atoms with Crippen LogP contribution in [-0.4, -0.2) is 57.6 Å². The van der Waals surface area contributed by atoms with Crippen molar-refractivity contribution in [2.24, 2.45) is 5.92 Å². The van der Waals surface area contributed by atoms with Crippen molar-refractivity contribution in [3.63, 3.8) is 0 Å². The molecular formula is C21H26F3N7O4. The van der Waals surface area contributed by atoms with Crippen molar-refractivity contribution in [1.29, 1.82) is 0 Å². The molecule has 1 fully saturated rings. The third-order valence-electron chi connectivity index (χ3n) is 5.47. The highest BCUT2D eigenvalue weighted by Gasteiger charge is 2.32. The predicted octanol–water partition coefficient (Wildman–Crippen LogP) is 1.94. The van der Waals surface area contributed by atoms with Gasteiger partial charge in [-0.1, -0.05) is 0 Å². The molecule has 1 atom stereocenters. The van der Waals surface area contributed by atoms with Crippen LogP contribution in [0.1, 0.15) is 49.0 Å². The van der Waals surface area contributed by atoms with E-state index in [4.69, 9.17) is 4.84 Å². The number of Topliss-reactive ketones (excluding diaryl/α,β-unsaturated/α-hetero) is 1. The summed E-state index contributed by atoms with van der Waals surface area (Å²) in [6.45, 7) is 4.13. The normalized spacial score (nSPS) is 15.5. The third kappa shape index (κ3) is 7.21. The van der Waals surface area contributed by atoms with Crippen LogP contribution in [0.3, 0.4) is 0 Å². The summed E-state index contributed by atoms with van der Waals surface area (Å²) in [6, 6.07) is -0.344. The number of anilines is 2. The van der Waals surface area contributed by atoms with Gasteiger partial charge in [0.2, 0.25) is 11.9 Å². The van der Waals surface area contributed by atoms with Gasteiger partial charge in [-0.2, -0.15) is 18.3 Å². The molecule has 1 aliphatic rings. The van der Waals surface area contributed by atoms with E-state index in [-0.39, 0.29) is 48.1 Å². The van der Waals surface area contributed by atoms with Crippen LogP contribution in [0.25, 0.3) is 0 Å². The Kier molecular flexibility index (Phi) is 8.38. The number of halogens is 3. The van der Waals surface area contributed by atoms with Gasteiger partial charge in [-0.25, -0.2) is 20.5 Å². The van der Waals surface area contributed by atoms with E-state index in [0.717, 1.165) is 12.4 Å². The lowest BCUT2D eigenvalue weighted by Gasteiger charge is -2.31. The molecule has 35 heavy (non-hydrogen) atoms. The van der Waals surface area contributed by atoms with Gasteiger partial charge in [0.25, 0.3) is 5.56 Å². The second kappa shape index (κ2) is 11.3. The molecule has 3 rings (SSSR count). The molecule has 11 nitrogen and oxygen atoms in total. The van der Waals surface area contributed by atoms with Crippen LogP contribution in [0.15, 0.2) is 23.4 Å². The lowest BCUT2D eigenvalue weighted by molar-refractivity contribution is -0.138. The number of nitrogens with one attached hydrogen (secondary N) is 3. The summed E-state index contributed by atoms with van der Waals surface area (Å²) in [5.74, 6) is -0.397. The minimum Gasteiger partial charge on any atom is -0.378 e. The average Bonchev–Trinajstić information content (AvgIpc) is 2.79. The Balaban J connectivity index is 1.38. The molecule has 0 aromatic carbocycles. The summed E-state index contributed by atoms with van der Waals surface area (Å²) in [4.78, 5) is 50.4. The van der Waals surface area contributed by atoms with Crippen molar-refractivity contribution in [2.45, 2.75) is 45.3 Å². The smallest absolute Gasteiger partial charge is 0.378 e. The highest BCUT2D eigenvalue weighted by atomic mass is 19.4. The van der Waals surface area contributed by atoms with E-state index in [1.165, 1.54) is 13.1 Å². The molecule has 1 saturated heterocycles. The number of aromatic amines is 1. The lowest BCUT2D eigenvalue weighted by atomic mass is 9.93. The number of carbonyl (C=O) groups is 2. The van der Waals surface area contributed by atoms with Gasteiger partial charge >= 0.3 is 6.18 Å².